The number of hydrogen-bond acceptors (Lipinski definition) is 4. The van der Waals surface area contributed by atoms with Crippen LogP contribution in [0.1, 0.15) is 16.7 Å². The van der Waals surface area contributed by atoms with Crippen LogP contribution in [0.3, 0.4) is 0 Å². The molecule has 5 aromatic carbocycles. The summed E-state index contributed by atoms with van der Waals surface area (Å²) in [6.45, 7) is 1.19. The van der Waals surface area contributed by atoms with E-state index in [9.17, 15) is 4.79 Å². The highest BCUT2D eigenvalue weighted by molar-refractivity contribution is 5.89. The van der Waals surface area contributed by atoms with Crippen molar-refractivity contribution < 1.29 is 14.3 Å². The van der Waals surface area contributed by atoms with E-state index in [-0.39, 0.29) is 0 Å². The van der Waals surface area contributed by atoms with Crippen LogP contribution in [0.25, 0.3) is 28.5 Å². The van der Waals surface area contributed by atoms with Crippen molar-refractivity contribution in [3.05, 3.63) is 156 Å². The van der Waals surface area contributed by atoms with Crippen LogP contribution < -0.4 is 9.47 Å². The van der Waals surface area contributed by atoms with E-state index < -0.39 is 5.97 Å². The first kappa shape index (κ1) is 25.8. The maximum Gasteiger partial charge on any atom is 0.336 e. The summed E-state index contributed by atoms with van der Waals surface area (Å²) in [5.74, 6) is 1.61. The molecule has 0 aliphatic heterocycles. The van der Waals surface area contributed by atoms with E-state index in [1.807, 2.05) is 103 Å². The molecule has 0 N–H and O–H groups in total. The fourth-order valence-corrected chi connectivity index (χ4v) is 4.66. The van der Waals surface area contributed by atoms with E-state index in [4.69, 9.17) is 14.5 Å². The number of rotatable bonds is 9. The van der Waals surface area contributed by atoms with Gasteiger partial charge in [0.1, 0.15) is 23.9 Å². The zero-order valence-electron chi connectivity index (χ0n) is 22.4. The molecule has 5 nitrogen and oxygen atoms in total. The van der Waals surface area contributed by atoms with Crippen molar-refractivity contribution >= 4 is 23.1 Å². The number of esters is 1. The molecule has 0 fully saturated rings. The van der Waals surface area contributed by atoms with Crippen molar-refractivity contribution in [3.8, 4) is 22.9 Å². The van der Waals surface area contributed by atoms with Crippen molar-refractivity contribution in [1.82, 2.24) is 9.55 Å². The summed E-state index contributed by atoms with van der Waals surface area (Å²) in [5, 5.41) is 0. The van der Waals surface area contributed by atoms with Crippen molar-refractivity contribution in [1.29, 1.82) is 0 Å². The van der Waals surface area contributed by atoms with Gasteiger partial charge in [-0.1, -0.05) is 84.9 Å². The minimum absolute atomic E-state index is 0.454. The molecule has 0 aliphatic carbocycles. The zero-order chi connectivity index (χ0) is 27.9. The van der Waals surface area contributed by atoms with Gasteiger partial charge in [-0.3, -0.25) is 0 Å². The van der Waals surface area contributed by atoms with Crippen LogP contribution in [0.2, 0.25) is 0 Å². The molecule has 0 bridgehead atoms. The van der Waals surface area contributed by atoms with Gasteiger partial charge in [-0.2, -0.15) is 0 Å². The number of benzene rings is 5. The maximum absolute atomic E-state index is 12.6. The first-order chi connectivity index (χ1) is 20.2. The molecule has 0 saturated carbocycles. The zero-order valence-corrected chi connectivity index (χ0v) is 22.4. The number of para-hydroxylation sites is 2. The molecule has 1 aromatic heterocycles. The third kappa shape index (κ3) is 6.43. The highest BCUT2D eigenvalue weighted by atomic mass is 16.5. The Balaban J connectivity index is 1.13. The number of carbonyl (C=O) groups is 1. The van der Waals surface area contributed by atoms with Gasteiger partial charge in [0, 0.05) is 18.2 Å². The molecule has 6 rings (SSSR count). The van der Waals surface area contributed by atoms with E-state index in [0.717, 1.165) is 39.3 Å². The molecule has 0 spiro atoms. The lowest BCUT2D eigenvalue weighted by Crippen LogP contribution is -2.04. The molecule has 6 aromatic rings. The Bertz CT molecular complexity index is 1790. The van der Waals surface area contributed by atoms with Crippen LogP contribution >= 0.6 is 0 Å². The van der Waals surface area contributed by atoms with Crippen LogP contribution in [0.15, 0.2) is 140 Å². The summed E-state index contributed by atoms with van der Waals surface area (Å²) in [4.78, 5) is 17.5. The van der Waals surface area contributed by atoms with Gasteiger partial charge in [-0.25, -0.2) is 9.78 Å². The molecule has 0 unspecified atom stereocenters. The fourth-order valence-electron chi connectivity index (χ4n) is 4.66. The van der Waals surface area contributed by atoms with Crippen molar-refractivity contribution in [2.45, 2.75) is 13.2 Å². The number of aromatic nitrogens is 2. The first-order valence-electron chi connectivity index (χ1n) is 13.5. The number of imidazole rings is 1. The largest absolute Gasteiger partial charge is 0.489 e. The predicted octanol–water partition coefficient (Wildman–Crippen LogP) is 7.95. The van der Waals surface area contributed by atoms with E-state index in [0.29, 0.717) is 18.9 Å². The van der Waals surface area contributed by atoms with Gasteiger partial charge < -0.3 is 14.0 Å². The van der Waals surface area contributed by atoms with Gasteiger partial charge in [0.2, 0.25) is 0 Å². The van der Waals surface area contributed by atoms with Gasteiger partial charge >= 0.3 is 5.97 Å². The molecule has 0 saturated heterocycles. The molecule has 0 amide bonds. The van der Waals surface area contributed by atoms with Crippen molar-refractivity contribution in [2.24, 2.45) is 0 Å². The average Bonchev–Trinajstić information content (AvgIpc) is 3.39. The van der Waals surface area contributed by atoms with Crippen molar-refractivity contribution in [3.63, 3.8) is 0 Å². The Morgan fingerprint density at radius 2 is 1.41 bits per heavy atom. The first-order valence-corrected chi connectivity index (χ1v) is 13.5. The number of ether oxygens (including phenoxy) is 2. The number of carbonyl (C=O) groups excluding carboxylic acids is 1. The van der Waals surface area contributed by atoms with Gasteiger partial charge in [0.05, 0.1) is 11.0 Å². The lowest BCUT2D eigenvalue weighted by atomic mass is 10.2. The van der Waals surface area contributed by atoms with Crippen LogP contribution in [-0.4, -0.2) is 15.5 Å². The fraction of sp³-hybridized carbons (Fsp3) is 0.0556. The highest BCUT2D eigenvalue weighted by Gasteiger charge is 2.13. The Kier molecular flexibility index (Phi) is 7.68. The normalized spacial score (nSPS) is 11.1. The Hall–Kier alpha value is -5.42. The summed E-state index contributed by atoms with van der Waals surface area (Å²) in [5.41, 5.74) is 6.09. The van der Waals surface area contributed by atoms with E-state index in [2.05, 4.69) is 22.8 Å². The maximum atomic E-state index is 12.6. The van der Waals surface area contributed by atoms with Crippen LogP contribution in [0, 0.1) is 0 Å². The molecule has 0 radical (unpaired) electrons. The number of nitrogens with zero attached hydrogens (tertiary/aromatic N) is 2. The lowest BCUT2D eigenvalue weighted by molar-refractivity contribution is -0.128. The monoisotopic (exact) mass is 536 g/mol. The predicted molar refractivity (Wildman–Crippen MR) is 163 cm³/mol. The smallest absolute Gasteiger partial charge is 0.336 e. The summed E-state index contributed by atoms with van der Waals surface area (Å²) >= 11 is 0. The topological polar surface area (TPSA) is 53.4 Å². The van der Waals surface area contributed by atoms with Gasteiger partial charge in [-0.15, -0.1) is 0 Å². The van der Waals surface area contributed by atoms with Gasteiger partial charge in [0.15, 0.2) is 0 Å². The summed E-state index contributed by atoms with van der Waals surface area (Å²) in [6, 6.07) is 43.5. The molecule has 41 heavy (non-hydrogen) atoms. The molecule has 0 aliphatic rings. The van der Waals surface area contributed by atoms with Crippen LogP contribution in [-0.2, 0) is 17.9 Å². The van der Waals surface area contributed by atoms with Crippen LogP contribution in [0.5, 0.6) is 11.5 Å². The van der Waals surface area contributed by atoms with E-state index in [1.165, 1.54) is 11.6 Å². The minimum Gasteiger partial charge on any atom is -0.489 e. The minimum atomic E-state index is -0.454. The molecule has 200 valence electrons. The molecule has 0 atom stereocenters. The summed E-state index contributed by atoms with van der Waals surface area (Å²) in [7, 11) is 0. The molecular weight excluding hydrogens is 508 g/mol. The molecular formula is C36H28N2O3. The lowest BCUT2D eigenvalue weighted by Gasteiger charge is -2.10. The number of fused-ring (bicyclic) bond motifs is 1. The SMILES string of the molecule is O=C(/C=C/c1cccc(OCc2ccccc2)c1)Oc1ccc(-c2nc3ccccc3n2Cc2ccccc2)cc1. The Morgan fingerprint density at radius 1 is 0.707 bits per heavy atom. The van der Waals surface area contributed by atoms with E-state index >= 15 is 0 Å². The Labute approximate surface area is 239 Å². The van der Waals surface area contributed by atoms with E-state index in [1.54, 1.807) is 18.2 Å². The average molecular weight is 537 g/mol. The summed E-state index contributed by atoms with van der Waals surface area (Å²) < 4.78 is 13.7. The second-order valence-corrected chi connectivity index (χ2v) is 9.62. The quantitative estimate of drug-likeness (QED) is 0.107. The molecule has 5 heteroatoms. The summed E-state index contributed by atoms with van der Waals surface area (Å²) in [6.07, 6.45) is 3.14. The highest BCUT2D eigenvalue weighted by Crippen LogP contribution is 2.27. The number of hydrogen-bond donors (Lipinski definition) is 0. The third-order valence-corrected chi connectivity index (χ3v) is 6.69. The van der Waals surface area contributed by atoms with Crippen LogP contribution in [0.4, 0.5) is 0 Å². The van der Waals surface area contributed by atoms with Crippen molar-refractivity contribution in [2.75, 3.05) is 0 Å². The van der Waals surface area contributed by atoms with Gasteiger partial charge in [-0.05, 0) is 71.3 Å². The second kappa shape index (κ2) is 12.2. The third-order valence-electron chi connectivity index (χ3n) is 6.69. The second-order valence-electron chi connectivity index (χ2n) is 9.62. The standard InChI is InChI=1S/C36H28N2O3/c39-35(23-18-27-14-9-15-32(24-27)40-26-29-12-5-2-6-13-29)41-31-21-19-30(20-22-31)36-37-33-16-7-8-17-34(33)38(36)25-28-10-3-1-4-11-28/h1-24H,25-26H2/b23-18+. The molecule has 1 heterocycles. The van der Waals surface area contributed by atoms with Gasteiger partial charge in [0.25, 0.3) is 0 Å². The Morgan fingerprint density at radius 3 is 2.20 bits per heavy atom.